The summed E-state index contributed by atoms with van der Waals surface area (Å²) in [4.78, 5) is 7.97. The lowest BCUT2D eigenvalue weighted by Gasteiger charge is -2.25. The topological polar surface area (TPSA) is 66.1 Å². The minimum absolute atomic E-state index is 0.321. The summed E-state index contributed by atoms with van der Waals surface area (Å²) in [5.74, 6) is 0. The van der Waals surface area contributed by atoms with Gasteiger partial charge >= 0.3 is 0 Å². The number of sulfonamides is 1. The molecular weight excluding hydrogens is 402 g/mol. The Morgan fingerprint density at radius 2 is 1.96 bits per heavy atom. The number of nitrogens with one attached hydrogen (secondary N) is 1. The second kappa shape index (κ2) is 6.40. The number of hydrogen-bond acceptors (Lipinski definition) is 3. The van der Waals surface area contributed by atoms with Gasteiger partial charge < -0.3 is 4.98 Å². The summed E-state index contributed by atoms with van der Waals surface area (Å²) in [6, 6.07) is 10.6. The number of benzene rings is 1. The lowest BCUT2D eigenvalue weighted by atomic mass is 10.0. The molecule has 7 heteroatoms. The molecule has 0 radical (unpaired) electrons. The molecule has 2 aromatic heterocycles. The number of halogens is 1. The Bertz CT molecular complexity index is 1060. The lowest BCUT2D eigenvalue weighted by molar-refractivity contribution is 0.441. The molecule has 0 spiro atoms. The van der Waals surface area contributed by atoms with Gasteiger partial charge in [0.2, 0.25) is 10.0 Å². The summed E-state index contributed by atoms with van der Waals surface area (Å²) in [5.41, 5.74) is 4.10. The van der Waals surface area contributed by atoms with Gasteiger partial charge in [-0.25, -0.2) is 8.42 Å². The lowest BCUT2D eigenvalue weighted by Crippen LogP contribution is -2.34. The van der Waals surface area contributed by atoms with Gasteiger partial charge in [0.05, 0.1) is 15.9 Å². The predicted octanol–water partition coefficient (Wildman–Crippen LogP) is 3.80. The van der Waals surface area contributed by atoms with Crippen molar-refractivity contribution in [2.75, 3.05) is 13.1 Å². The van der Waals surface area contributed by atoms with Gasteiger partial charge in [-0.05, 0) is 48.4 Å². The van der Waals surface area contributed by atoms with E-state index in [2.05, 4.69) is 25.9 Å². The van der Waals surface area contributed by atoms with E-state index in [0.717, 1.165) is 26.6 Å². The molecule has 3 heterocycles. The minimum atomic E-state index is -3.47. The summed E-state index contributed by atoms with van der Waals surface area (Å²) in [6.07, 6.45) is 6.37. The monoisotopic (exact) mass is 417 g/mol. The predicted molar refractivity (Wildman–Crippen MR) is 102 cm³/mol. The molecule has 5 nitrogen and oxygen atoms in total. The third kappa shape index (κ3) is 3.03. The highest BCUT2D eigenvalue weighted by Gasteiger charge is 2.26. The number of pyridine rings is 1. The van der Waals surface area contributed by atoms with Crippen LogP contribution in [-0.4, -0.2) is 35.8 Å². The second-order valence-electron chi connectivity index (χ2n) is 5.90. The molecule has 1 aliphatic rings. The second-order valence-corrected chi connectivity index (χ2v) is 8.75. The highest BCUT2D eigenvalue weighted by Crippen LogP contribution is 2.30. The Hall–Kier alpha value is -1.96. The molecule has 4 rings (SSSR count). The minimum Gasteiger partial charge on any atom is -0.359 e. The number of rotatable bonds is 3. The van der Waals surface area contributed by atoms with Gasteiger partial charge in [-0.15, -0.1) is 0 Å². The molecule has 1 aliphatic heterocycles. The number of hydrogen-bond donors (Lipinski definition) is 1. The van der Waals surface area contributed by atoms with Gasteiger partial charge in [-0.3, -0.25) is 4.98 Å². The zero-order valence-corrected chi connectivity index (χ0v) is 15.7. The van der Waals surface area contributed by atoms with Gasteiger partial charge in [0.25, 0.3) is 0 Å². The first-order valence-electron chi connectivity index (χ1n) is 7.93. The largest absolute Gasteiger partial charge is 0.359 e. The van der Waals surface area contributed by atoms with Crippen molar-refractivity contribution < 1.29 is 8.42 Å². The summed E-state index contributed by atoms with van der Waals surface area (Å²) in [7, 11) is -3.47. The van der Waals surface area contributed by atoms with Crippen LogP contribution < -0.4 is 0 Å². The average Bonchev–Trinajstić information content (AvgIpc) is 3.06. The molecule has 0 atom stereocenters. The van der Waals surface area contributed by atoms with E-state index in [1.807, 2.05) is 24.4 Å². The molecule has 0 amide bonds. The van der Waals surface area contributed by atoms with Crippen molar-refractivity contribution in [1.82, 2.24) is 14.3 Å². The van der Waals surface area contributed by atoms with Crippen molar-refractivity contribution >= 4 is 42.6 Å². The normalized spacial score (nSPS) is 16.1. The number of H-pyrrole nitrogens is 1. The van der Waals surface area contributed by atoms with Crippen molar-refractivity contribution in [3.05, 3.63) is 64.9 Å². The van der Waals surface area contributed by atoms with E-state index in [9.17, 15) is 8.42 Å². The maximum Gasteiger partial charge on any atom is 0.243 e. The van der Waals surface area contributed by atoms with Gasteiger partial charge in [-0.2, -0.15) is 4.31 Å². The molecule has 25 heavy (non-hydrogen) atoms. The van der Waals surface area contributed by atoms with Crippen LogP contribution in [0.25, 0.3) is 16.6 Å². The van der Waals surface area contributed by atoms with E-state index in [4.69, 9.17) is 0 Å². The summed E-state index contributed by atoms with van der Waals surface area (Å²) >= 11 is 3.33. The van der Waals surface area contributed by atoms with Crippen molar-refractivity contribution in [3.8, 4) is 0 Å². The molecule has 0 aliphatic carbocycles. The number of aromatic amines is 1. The van der Waals surface area contributed by atoms with Crippen LogP contribution in [0.4, 0.5) is 0 Å². The molecule has 0 bridgehead atoms. The van der Waals surface area contributed by atoms with E-state index >= 15 is 0 Å². The zero-order chi connectivity index (χ0) is 17.4. The van der Waals surface area contributed by atoms with Crippen LogP contribution in [0.15, 0.2) is 64.2 Å². The molecule has 0 unspecified atom stereocenters. The fourth-order valence-electron chi connectivity index (χ4n) is 3.07. The Kier molecular flexibility index (Phi) is 4.23. The van der Waals surface area contributed by atoms with E-state index in [-0.39, 0.29) is 0 Å². The molecule has 1 N–H and O–H groups in total. The van der Waals surface area contributed by atoms with Crippen molar-refractivity contribution in [2.45, 2.75) is 11.3 Å². The summed E-state index contributed by atoms with van der Waals surface area (Å²) in [6.45, 7) is 0.830. The fourth-order valence-corrected chi connectivity index (χ4v) is 4.71. The quantitative estimate of drug-likeness (QED) is 0.704. The van der Waals surface area contributed by atoms with Crippen molar-refractivity contribution in [3.63, 3.8) is 0 Å². The molecule has 0 saturated carbocycles. The first kappa shape index (κ1) is 16.5. The van der Waals surface area contributed by atoms with E-state index in [1.54, 1.807) is 30.5 Å². The molecule has 0 saturated heterocycles. The average molecular weight is 418 g/mol. The summed E-state index contributed by atoms with van der Waals surface area (Å²) in [5, 5.41) is 0. The number of aromatic nitrogens is 2. The highest BCUT2D eigenvalue weighted by atomic mass is 79.9. The third-order valence-electron chi connectivity index (χ3n) is 4.40. The van der Waals surface area contributed by atoms with Crippen LogP contribution in [0.1, 0.15) is 12.0 Å². The Labute approximate surface area is 154 Å². The molecule has 3 aromatic rings. The zero-order valence-electron chi connectivity index (χ0n) is 13.3. The van der Waals surface area contributed by atoms with Crippen LogP contribution in [0.2, 0.25) is 0 Å². The maximum absolute atomic E-state index is 12.8. The van der Waals surface area contributed by atoms with Crippen LogP contribution in [-0.2, 0) is 10.0 Å². The Morgan fingerprint density at radius 1 is 1.16 bits per heavy atom. The van der Waals surface area contributed by atoms with Gasteiger partial charge in [0.1, 0.15) is 0 Å². The van der Waals surface area contributed by atoms with Gasteiger partial charge in [-0.1, -0.05) is 22.0 Å². The highest BCUT2D eigenvalue weighted by molar-refractivity contribution is 9.10. The smallest absolute Gasteiger partial charge is 0.243 e. The van der Waals surface area contributed by atoms with E-state index in [0.29, 0.717) is 24.4 Å². The van der Waals surface area contributed by atoms with Crippen LogP contribution >= 0.6 is 15.9 Å². The fraction of sp³-hybridized carbons (Fsp3) is 0.167. The maximum atomic E-state index is 12.8. The van der Waals surface area contributed by atoms with E-state index in [1.165, 1.54) is 4.31 Å². The van der Waals surface area contributed by atoms with E-state index < -0.39 is 10.0 Å². The van der Waals surface area contributed by atoms with Crippen LogP contribution in [0.5, 0.6) is 0 Å². The van der Waals surface area contributed by atoms with Gasteiger partial charge in [0, 0.05) is 35.5 Å². The Morgan fingerprint density at radius 3 is 2.68 bits per heavy atom. The van der Waals surface area contributed by atoms with Crippen molar-refractivity contribution in [1.29, 1.82) is 0 Å². The summed E-state index contributed by atoms with van der Waals surface area (Å²) < 4.78 is 27.9. The van der Waals surface area contributed by atoms with Crippen LogP contribution in [0, 0.1) is 0 Å². The molecule has 1 aromatic carbocycles. The standard InChI is InChI=1S/C18H16BrN3O2S/c19-14-3-5-15(6-4-14)25(23,24)22-10-7-13(8-11-22)16-12-21-17-2-1-9-20-18(16)17/h1-7,9,12,21H,8,10-11H2. The Balaban J connectivity index is 1.60. The van der Waals surface area contributed by atoms with Crippen LogP contribution in [0.3, 0.4) is 0 Å². The first-order chi connectivity index (χ1) is 12.1. The number of fused-ring (bicyclic) bond motifs is 1. The molecule has 0 fully saturated rings. The van der Waals surface area contributed by atoms with Crippen molar-refractivity contribution in [2.24, 2.45) is 0 Å². The third-order valence-corrected chi connectivity index (χ3v) is 6.81. The molecule has 128 valence electrons. The number of nitrogens with zero attached hydrogens (tertiary/aromatic N) is 2. The molecular formula is C18H16BrN3O2S. The van der Waals surface area contributed by atoms with Gasteiger partial charge in [0.15, 0.2) is 0 Å². The SMILES string of the molecule is O=S(=O)(c1ccc(Br)cc1)N1CC=C(c2c[nH]c3cccnc23)CC1. The first-order valence-corrected chi connectivity index (χ1v) is 10.2.